The first-order valence-corrected chi connectivity index (χ1v) is 8.07. The summed E-state index contributed by atoms with van der Waals surface area (Å²) in [4.78, 5) is 0. The molecule has 112 valence electrons. The zero-order chi connectivity index (χ0) is 14.4. The topological polar surface area (TPSA) is 21.3 Å². The summed E-state index contributed by atoms with van der Waals surface area (Å²) >= 11 is 0. The molecule has 0 unspecified atom stereocenters. The van der Waals surface area contributed by atoms with Crippen molar-refractivity contribution in [3.05, 3.63) is 29.3 Å². The summed E-state index contributed by atoms with van der Waals surface area (Å²) < 4.78 is 5.46. The van der Waals surface area contributed by atoms with Crippen molar-refractivity contribution < 1.29 is 4.74 Å². The quantitative estimate of drug-likeness (QED) is 0.801. The molecule has 0 bridgehead atoms. The normalized spacial score (nSPS) is 18.6. The number of ether oxygens (including phenoxy) is 1. The predicted octanol–water partition coefficient (Wildman–Crippen LogP) is 4.45. The summed E-state index contributed by atoms with van der Waals surface area (Å²) in [6, 6.07) is 7.00. The van der Waals surface area contributed by atoms with Crippen LogP contribution in [-0.4, -0.2) is 13.2 Å². The molecule has 1 saturated carbocycles. The van der Waals surface area contributed by atoms with Crippen molar-refractivity contribution in [1.29, 1.82) is 0 Å². The van der Waals surface area contributed by atoms with E-state index in [1.54, 1.807) is 7.11 Å². The smallest absolute Gasteiger partial charge is 0.123 e. The molecule has 1 aliphatic carbocycles. The van der Waals surface area contributed by atoms with E-state index >= 15 is 0 Å². The molecule has 20 heavy (non-hydrogen) atoms. The number of benzene rings is 1. The highest BCUT2D eigenvalue weighted by Crippen LogP contribution is 2.26. The maximum absolute atomic E-state index is 5.46. The predicted molar refractivity (Wildman–Crippen MR) is 85.2 cm³/mol. The first kappa shape index (κ1) is 15.4. The van der Waals surface area contributed by atoms with E-state index in [1.165, 1.54) is 49.7 Å². The Kier molecular flexibility index (Phi) is 5.90. The molecule has 0 aromatic heterocycles. The number of aryl methyl sites for hydroxylation is 1. The molecule has 1 fully saturated rings. The molecule has 2 nitrogen and oxygen atoms in total. The molecule has 0 spiro atoms. The van der Waals surface area contributed by atoms with Gasteiger partial charge in [-0.3, -0.25) is 0 Å². The fourth-order valence-corrected chi connectivity index (χ4v) is 3.29. The molecule has 2 rings (SSSR count). The van der Waals surface area contributed by atoms with Gasteiger partial charge in [-0.1, -0.05) is 43.4 Å². The highest BCUT2D eigenvalue weighted by molar-refractivity contribution is 5.36. The summed E-state index contributed by atoms with van der Waals surface area (Å²) in [5.41, 5.74) is 2.57. The van der Waals surface area contributed by atoms with Gasteiger partial charge in [0.25, 0.3) is 0 Å². The van der Waals surface area contributed by atoms with Crippen molar-refractivity contribution >= 4 is 0 Å². The van der Waals surface area contributed by atoms with E-state index in [0.29, 0.717) is 6.04 Å². The molecule has 1 N–H and O–H groups in total. The van der Waals surface area contributed by atoms with Crippen LogP contribution in [0.4, 0.5) is 0 Å². The third-order valence-electron chi connectivity index (χ3n) is 4.66. The zero-order valence-corrected chi connectivity index (χ0v) is 13.2. The van der Waals surface area contributed by atoms with Gasteiger partial charge in [-0.25, -0.2) is 0 Å². The molecule has 0 amide bonds. The minimum absolute atomic E-state index is 0.596. The Bertz CT molecular complexity index is 408. The molecule has 0 aliphatic heterocycles. The van der Waals surface area contributed by atoms with Gasteiger partial charge < -0.3 is 10.1 Å². The minimum Gasteiger partial charge on any atom is -0.496 e. The Morgan fingerprint density at radius 2 is 1.90 bits per heavy atom. The zero-order valence-electron chi connectivity index (χ0n) is 13.2. The monoisotopic (exact) mass is 275 g/mol. The Balaban J connectivity index is 1.92. The fourth-order valence-electron chi connectivity index (χ4n) is 3.29. The van der Waals surface area contributed by atoms with Crippen LogP contribution in [-0.2, 0) is 6.54 Å². The number of rotatable bonds is 5. The van der Waals surface area contributed by atoms with Gasteiger partial charge in [-0.15, -0.1) is 0 Å². The van der Waals surface area contributed by atoms with Crippen LogP contribution in [0.1, 0.15) is 56.6 Å². The number of hydrogen-bond donors (Lipinski definition) is 1. The lowest BCUT2D eigenvalue weighted by Gasteiger charge is -2.24. The van der Waals surface area contributed by atoms with Gasteiger partial charge in [0, 0.05) is 18.2 Å². The molecule has 1 aromatic carbocycles. The van der Waals surface area contributed by atoms with Gasteiger partial charge in [0.05, 0.1) is 7.11 Å². The Morgan fingerprint density at radius 1 is 1.20 bits per heavy atom. The Hall–Kier alpha value is -1.02. The van der Waals surface area contributed by atoms with Crippen LogP contribution in [0.5, 0.6) is 5.75 Å². The van der Waals surface area contributed by atoms with Crippen molar-refractivity contribution in [2.75, 3.05) is 7.11 Å². The van der Waals surface area contributed by atoms with Gasteiger partial charge >= 0.3 is 0 Å². The van der Waals surface area contributed by atoms with Crippen molar-refractivity contribution in [2.45, 2.75) is 65.0 Å². The molecule has 1 aliphatic rings. The van der Waals surface area contributed by atoms with E-state index in [4.69, 9.17) is 4.74 Å². The van der Waals surface area contributed by atoms with E-state index in [1.807, 2.05) is 0 Å². The van der Waals surface area contributed by atoms with Crippen LogP contribution >= 0.6 is 0 Å². The van der Waals surface area contributed by atoms with Gasteiger partial charge in [-0.05, 0) is 38.7 Å². The van der Waals surface area contributed by atoms with Crippen LogP contribution in [0.25, 0.3) is 0 Å². The van der Waals surface area contributed by atoms with E-state index in [9.17, 15) is 0 Å². The van der Waals surface area contributed by atoms with Crippen molar-refractivity contribution in [3.8, 4) is 5.75 Å². The first-order chi connectivity index (χ1) is 9.70. The number of methoxy groups -OCH3 is 1. The summed E-state index contributed by atoms with van der Waals surface area (Å²) in [5.74, 6) is 1.84. The Morgan fingerprint density at radius 3 is 2.55 bits per heavy atom. The molecular weight excluding hydrogens is 246 g/mol. The van der Waals surface area contributed by atoms with Crippen LogP contribution in [0.2, 0.25) is 0 Å². The van der Waals surface area contributed by atoms with E-state index in [-0.39, 0.29) is 0 Å². The van der Waals surface area contributed by atoms with Gasteiger partial charge in [-0.2, -0.15) is 0 Å². The van der Waals surface area contributed by atoms with E-state index in [0.717, 1.165) is 18.2 Å². The second kappa shape index (κ2) is 7.68. The lowest BCUT2D eigenvalue weighted by Crippen LogP contribution is -2.33. The van der Waals surface area contributed by atoms with Crippen LogP contribution in [0, 0.1) is 12.8 Å². The van der Waals surface area contributed by atoms with E-state index < -0.39 is 0 Å². The highest BCUT2D eigenvalue weighted by Gasteiger charge is 2.18. The maximum Gasteiger partial charge on any atom is 0.123 e. The third-order valence-corrected chi connectivity index (χ3v) is 4.66. The minimum atomic E-state index is 0.596. The lowest BCUT2D eigenvalue weighted by atomic mass is 9.93. The molecule has 0 saturated heterocycles. The number of nitrogens with one attached hydrogen (secondary N) is 1. The van der Waals surface area contributed by atoms with Crippen molar-refractivity contribution in [1.82, 2.24) is 5.32 Å². The van der Waals surface area contributed by atoms with Crippen LogP contribution < -0.4 is 10.1 Å². The third kappa shape index (κ3) is 4.24. The molecule has 0 heterocycles. The van der Waals surface area contributed by atoms with Crippen LogP contribution in [0.3, 0.4) is 0 Å². The molecule has 0 radical (unpaired) electrons. The number of hydrogen-bond acceptors (Lipinski definition) is 2. The average molecular weight is 275 g/mol. The maximum atomic E-state index is 5.46. The van der Waals surface area contributed by atoms with E-state index in [2.05, 4.69) is 37.4 Å². The molecule has 1 atom stereocenters. The summed E-state index contributed by atoms with van der Waals surface area (Å²) in [6.07, 6.45) is 8.44. The average Bonchev–Trinajstić information content (AvgIpc) is 2.74. The summed E-state index contributed by atoms with van der Waals surface area (Å²) in [7, 11) is 1.75. The van der Waals surface area contributed by atoms with Crippen LogP contribution in [0.15, 0.2) is 18.2 Å². The summed E-state index contributed by atoms with van der Waals surface area (Å²) in [6.45, 7) is 5.39. The van der Waals surface area contributed by atoms with Crippen molar-refractivity contribution in [2.24, 2.45) is 5.92 Å². The van der Waals surface area contributed by atoms with Gasteiger partial charge in [0.15, 0.2) is 0 Å². The molecule has 2 heteroatoms. The lowest BCUT2D eigenvalue weighted by molar-refractivity contribution is 0.333. The second-order valence-electron chi connectivity index (χ2n) is 6.24. The first-order valence-electron chi connectivity index (χ1n) is 8.07. The molecule has 1 aromatic rings. The molecular formula is C18H29NO. The largest absolute Gasteiger partial charge is 0.496 e. The standard InChI is InChI=1S/C18H29NO/c1-14-10-11-18(20-3)17(12-14)13-19-15(2)16-8-6-4-5-7-9-16/h10-12,15-16,19H,4-9,13H2,1-3H3/t15-/m0/s1. The summed E-state index contributed by atoms with van der Waals surface area (Å²) in [5, 5.41) is 3.72. The Labute approximate surface area is 123 Å². The second-order valence-corrected chi connectivity index (χ2v) is 6.24. The van der Waals surface area contributed by atoms with Gasteiger partial charge in [0.2, 0.25) is 0 Å². The SMILES string of the molecule is COc1ccc(C)cc1CN[C@@H](C)C1CCCCCC1. The highest BCUT2D eigenvalue weighted by atomic mass is 16.5. The fraction of sp³-hybridized carbons (Fsp3) is 0.667. The van der Waals surface area contributed by atoms with Crippen molar-refractivity contribution in [3.63, 3.8) is 0 Å². The van der Waals surface area contributed by atoms with Gasteiger partial charge in [0.1, 0.15) is 5.75 Å².